The van der Waals surface area contributed by atoms with Gasteiger partial charge in [0.05, 0.1) is 0 Å². The Bertz CT molecular complexity index is 909. The van der Waals surface area contributed by atoms with Crippen LogP contribution in [0.15, 0.2) is 60.7 Å². The van der Waals surface area contributed by atoms with Gasteiger partial charge in [0.25, 0.3) is 0 Å². The smallest absolute Gasteiger partial charge is 0.229 e. The van der Waals surface area contributed by atoms with E-state index in [4.69, 9.17) is 0 Å². The summed E-state index contributed by atoms with van der Waals surface area (Å²) >= 11 is 0. The number of aryl methyl sites for hydroxylation is 1. The summed E-state index contributed by atoms with van der Waals surface area (Å²) in [6.07, 6.45) is 0. The number of ketones is 1. The van der Waals surface area contributed by atoms with Gasteiger partial charge in [-0.1, -0.05) is 42.5 Å². The topological polar surface area (TPSA) is 58.1 Å². The van der Waals surface area contributed by atoms with Crippen molar-refractivity contribution < 1.29 is 4.79 Å². The number of hydrogen-bond acceptors (Lipinski definition) is 5. The zero-order chi connectivity index (χ0) is 18.5. The maximum Gasteiger partial charge on any atom is 0.229 e. The Hall–Kier alpha value is -3.21. The van der Waals surface area contributed by atoms with Crippen LogP contribution in [0.4, 0.5) is 17.5 Å². The lowest BCUT2D eigenvalue weighted by atomic mass is 10.1. The number of carbonyl (C=O) groups excluding carboxylic acids is 1. The molecule has 3 aromatic rings. The molecule has 0 aliphatic carbocycles. The predicted octanol–water partition coefficient (Wildman–Crippen LogP) is 4.37. The van der Waals surface area contributed by atoms with Crippen LogP contribution in [0.3, 0.4) is 0 Å². The second-order valence-electron chi connectivity index (χ2n) is 6.29. The normalized spacial score (nSPS) is 10.4. The molecule has 0 saturated heterocycles. The molecule has 1 aromatic heterocycles. The molecule has 0 atom stereocenters. The van der Waals surface area contributed by atoms with Crippen molar-refractivity contribution >= 4 is 23.2 Å². The molecular formula is C21H22N4O. The molecule has 3 rings (SSSR count). The van der Waals surface area contributed by atoms with Crippen LogP contribution in [0.25, 0.3) is 0 Å². The highest BCUT2D eigenvalue weighted by atomic mass is 16.1. The first kappa shape index (κ1) is 17.6. The van der Waals surface area contributed by atoms with Gasteiger partial charge in [0.15, 0.2) is 5.78 Å². The molecule has 0 aliphatic rings. The SMILES string of the molecule is CC(=O)c1cccc(Nc2nc(C)cc(N(C)Cc3ccccc3)n2)c1. The number of benzene rings is 2. The van der Waals surface area contributed by atoms with E-state index in [1.165, 1.54) is 5.56 Å². The van der Waals surface area contributed by atoms with Gasteiger partial charge in [-0.15, -0.1) is 0 Å². The Morgan fingerprint density at radius 2 is 1.81 bits per heavy atom. The summed E-state index contributed by atoms with van der Waals surface area (Å²) in [6, 6.07) is 19.6. The van der Waals surface area contributed by atoms with Gasteiger partial charge < -0.3 is 10.2 Å². The van der Waals surface area contributed by atoms with E-state index in [1.807, 2.05) is 50.4 Å². The minimum absolute atomic E-state index is 0.0297. The zero-order valence-electron chi connectivity index (χ0n) is 15.2. The first-order valence-corrected chi connectivity index (χ1v) is 8.50. The summed E-state index contributed by atoms with van der Waals surface area (Å²) in [5, 5.41) is 3.20. The largest absolute Gasteiger partial charge is 0.355 e. The summed E-state index contributed by atoms with van der Waals surface area (Å²) in [7, 11) is 2.01. The molecule has 0 saturated carbocycles. The lowest BCUT2D eigenvalue weighted by molar-refractivity contribution is 0.101. The molecule has 1 N–H and O–H groups in total. The van der Waals surface area contributed by atoms with Crippen molar-refractivity contribution in [1.29, 1.82) is 0 Å². The fourth-order valence-electron chi connectivity index (χ4n) is 2.69. The minimum Gasteiger partial charge on any atom is -0.355 e. The fourth-order valence-corrected chi connectivity index (χ4v) is 2.69. The molecule has 0 unspecified atom stereocenters. The number of rotatable bonds is 6. The molecule has 132 valence electrons. The van der Waals surface area contributed by atoms with Crippen LogP contribution in [0.5, 0.6) is 0 Å². The molecule has 1 heterocycles. The van der Waals surface area contributed by atoms with E-state index < -0.39 is 0 Å². The molecule has 0 spiro atoms. The molecule has 26 heavy (non-hydrogen) atoms. The highest BCUT2D eigenvalue weighted by Gasteiger charge is 2.09. The zero-order valence-corrected chi connectivity index (χ0v) is 15.2. The van der Waals surface area contributed by atoms with Crippen LogP contribution < -0.4 is 10.2 Å². The first-order chi connectivity index (χ1) is 12.5. The highest BCUT2D eigenvalue weighted by Crippen LogP contribution is 2.20. The van der Waals surface area contributed by atoms with Crippen molar-refractivity contribution in [2.45, 2.75) is 20.4 Å². The third kappa shape index (κ3) is 4.45. The molecule has 0 bridgehead atoms. The van der Waals surface area contributed by atoms with Crippen LogP contribution in [-0.4, -0.2) is 22.8 Å². The molecule has 0 radical (unpaired) electrons. The summed E-state index contributed by atoms with van der Waals surface area (Å²) in [6.45, 7) is 4.26. The number of nitrogens with zero attached hydrogens (tertiary/aromatic N) is 3. The lowest BCUT2D eigenvalue weighted by Gasteiger charge is -2.19. The van der Waals surface area contributed by atoms with E-state index in [2.05, 4.69) is 32.3 Å². The van der Waals surface area contributed by atoms with E-state index >= 15 is 0 Å². The van der Waals surface area contributed by atoms with Gasteiger partial charge in [-0.2, -0.15) is 4.98 Å². The van der Waals surface area contributed by atoms with Crippen molar-refractivity contribution in [2.75, 3.05) is 17.3 Å². The quantitative estimate of drug-likeness (QED) is 0.672. The Morgan fingerprint density at radius 3 is 2.54 bits per heavy atom. The summed E-state index contributed by atoms with van der Waals surface area (Å²) in [5.41, 5.74) is 3.54. The number of carbonyl (C=O) groups is 1. The van der Waals surface area contributed by atoms with E-state index in [9.17, 15) is 4.79 Å². The van der Waals surface area contributed by atoms with E-state index in [0.29, 0.717) is 11.5 Å². The Morgan fingerprint density at radius 1 is 1.04 bits per heavy atom. The molecular weight excluding hydrogens is 324 g/mol. The predicted molar refractivity (Wildman–Crippen MR) is 105 cm³/mol. The van der Waals surface area contributed by atoms with Crippen LogP contribution in [0, 0.1) is 6.92 Å². The number of nitrogens with one attached hydrogen (secondary N) is 1. The summed E-state index contributed by atoms with van der Waals surface area (Å²) < 4.78 is 0. The standard InChI is InChI=1S/C21H22N4O/c1-15-12-20(25(3)14-17-8-5-4-6-9-17)24-21(22-15)23-19-11-7-10-18(13-19)16(2)26/h4-13H,14H2,1-3H3,(H,22,23,24). The molecule has 5 nitrogen and oxygen atoms in total. The molecule has 2 aromatic carbocycles. The fraction of sp³-hybridized carbons (Fsp3) is 0.190. The molecule has 5 heteroatoms. The first-order valence-electron chi connectivity index (χ1n) is 8.50. The van der Waals surface area contributed by atoms with Crippen molar-refractivity contribution in [3.63, 3.8) is 0 Å². The maximum atomic E-state index is 11.6. The van der Waals surface area contributed by atoms with E-state index in [0.717, 1.165) is 23.7 Å². The number of hydrogen-bond donors (Lipinski definition) is 1. The summed E-state index contributed by atoms with van der Waals surface area (Å²) in [4.78, 5) is 22.7. The van der Waals surface area contributed by atoms with Crippen LogP contribution in [-0.2, 0) is 6.54 Å². The van der Waals surface area contributed by atoms with Crippen molar-refractivity contribution in [3.05, 3.63) is 77.5 Å². The third-order valence-electron chi connectivity index (χ3n) is 4.02. The van der Waals surface area contributed by atoms with Gasteiger partial charge in [0, 0.05) is 36.6 Å². The van der Waals surface area contributed by atoms with Crippen molar-refractivity contribution in [1.82, 2.24) is 9.97 Å². The second-order valence-corrected chi connectivity index (χ2v) is 6.29. The average molecular weight is 346 g/mol. The van der Waals surface area contributed by atoms with Crippen molar-refractivity contribution in [2.24, 2.45) is 0 Å². The van der Waals surface area contributed by atoms with Gasteiger partial charge in [-0.05, 0) is 31.5 Å². The maximum absolute atomic E-state index is 11.6. The molecule has 0 amide bonds. The lowest BCUT2D eigenvalue weighted by Crippen LogP contribution is -2.18. The van der Waals surface area contributed by atoms with Gasteiger partial charge in [0.2, 0.25) is 5.95 Å². The van der Waals surface area contributed by atoms with Crippen LogP contribution >= 0.6 is 0 Å². The third-order valence-corrected chi connectivity index (χ3v) is 4.02. The van der Waals surface area contributed by atoms with Gasteiger partial charge in [0.1, 0.15) is 5.82 Å². The number of aromatic nitrogens is 2. The second kappa shape index (κ2) is 7.78. The number of Topliss-reactive ketones (excluding diaryl/α,β-unsaturated/α-hetero) is 1. The molecule has 0 aliphatic heterocycles. The minimum atomic E-state index is 0.0297. The van der Waals surface area contributed by atoms with Crippen molar-refractivity contribution in [3.8, 4) is 0 Å². The molecule has 0 fully saturated rings. The van der Waals surface area contributed by atoms with Gasteiger partial charge >= 0.3 is 0 Å². The Kier molecular flexibility index (Phi) is 5.27. The van der Waals surface area contributed by atoms with Crippen LogP contribution in [0.2, 0.25) is 0 Å². The monoisotopic (exact) mass is 346 g/mol. The highest BCUT2D eigenvalue weighted by molar-refractivity contribution is 5.95. The Balaban J connectivity index is 1.81. The van der Waals surface area contributed by atoms with Crippen LogP contribution in [0.1, 0.15) is 28.5 Å². The van der Waals surface area contributed by atoms with E-state index in [-0.39, 0.29) is 5.78 Å². The average Bonchev–Trinajstić information content (AvgIpc) is 2.62. The van der Waals surface area contributed by atoms with Gasteiger partial charge in [-0.25, -0.2) is 4.98 Å². The van der Waals surface area contributed by atoms with E-state index in [1.54, 1.807) is 19.1 Å². The summed E-state index contributed by atoms with van der Waals surface area (Å²) in [5.74, 6) is 1.38. The van der Waals surface area contributed by atoms with Gasteiger partial charge in [-0.3, -0.25) is 4.79 Å². The Labute approximate surface area is 153 Å². The number of anilines is 3.